The molecule has 8 nitrogen and oxygen atoms in total. The van der Waals surface area contributed by atoms with Gasteiger partial charge in [0.05, 0.1) is 30.1 Å². The Labute approximate surface area is 178 Å². The molecule has 30 heavy (non-hydrogen) atoms. The highest BCUT2D eigenvalue weighted by atomic mass is 32.2. The van der Waals surface area contributed by atoms with Crippen LogP contribution in [0.3, 0.4) is 0 Å². The largest absolute Gasteiger partial charge is 0.342 e. The van der Waals surface area contributed by atoms with Crippen molar-refractivity contribution in [2.24, 2.45) is 0 Å². The molecule has 0 amide bonds. The number of nitriles is 1. The van der Waals surface area contributed by atoms with Crippen LogP contribution < -0.4 is 15.2 Å². The molecular weight excluding hydrogens is 422 g/mol. The van der Waals surface area contributed by atoms with Crippen LogP contribution in [-0.2, 0) is 16.6 Å². The van der Waals surface area contributed by atoms with Crippen molar-refractivity contribution in [3.63, 3.8) is 0 Å². The molecule has 1 aliphatic heterocycles. The standard InChI is InChI=1S/C20H21N5O3S2/c1-30(27,28)23-16-13-29-18-17(16)22-20(24-9-5-2-6-10-24)25(19(18)26)12-15-8-4-3-7-14(15)11-21/h3-4,7-8,13,23H,2,5-6,9-10,12H2,1H3. The monoisotopic (exact) mass is 443 g/mol. The summed E-state index contributed by atoms with van der Waals surface area (Å²) in [5.74, 6) is 0.509. The van der Waals surface area contributed by atoms with Gasteiger partial charge in [-0.1, -0.05) is 18.2 Å². The molecule has 0 bridgehead atoms. The summed E-state index contributed by atoms with van der Waals surface area (Å²) in [6.07, 6.45) is 4.20. The molecule has 0 radical (unpaired) electrons. The van der Waals surface area contributed by atoms with Crippen molar-refractivity contribution in [2.45, 2.75) is 25.8 Å². The van der Waals surface area contributed by atoms with Gasteiger partial charge in [-0.3, -0.25) is 14.1 Å². The minimum absolute atomic E-state index is 0.226. The third-order valence-corrected chi connectivity index (χ3v) is 6.61. The van der Waals surface area contributed by atoms with Crippen molar-refractivity contribution in [1.29, 1.82) is 5.26 Å². The van der Waals surface area contributed by atoms with Gasteiger partial charge in [-0.05, 0) is 30.9 Å². The van der Waals surface area contributed by atoms with Crippen LogP contribution >= 0.6 is 11.3 Å². The van der Waals surface area contributed by atoms with E-state index >= 15 is 0 Å². The van der Waals surface area contributed by atoms with Crippen molar-refractivity contribution < 1.29 is 8.42 Å². The maximum Gasteiger partial charge on any atom is 0.273 e. The molecule has 1 saturated heterocycles. The lowest BCUT2D eigenvalue weighted by Gasteiger charge is -2.29. The fourth-order valence-corrected chi connectivity index (χ4v) is 5.19. The summed E-state index contributed by atoms with van der Waals surface area (Å²) >= 11 is 1.16. The van der Waals surface area contributed by atoms with E-state index in [-0.39, 0.29) is 12.1 Å². The number of hydrogen-bond acceptors (Lipinski definition) is 7. The Kier molecular flexibility index (Phi) is 5.49. The second kappa shape index (κ2) is 8.08. The summed E-state index contributed by atoms with van der Waals surface area (Å²) in [6, 6.07) is 9.37. The highest BCUT2D eigenvalue weighted by Gasteiger charge is 2.22. The molecule has 1 fully saturated rings. The molecule has 0 atom stereocenters. The van der Waals surface area contributed by atoms with Crippen LogP contribution in [0.1, 0.15) is 30.4 Å². The third kappa shape index (κ3) is 4.04. The van der Waals surface area contributed by atoms with E-state index in [1.54, 1.807) is 22.1 Å². The van der Waals surface area contributed by atoms with Crippen LogP contribution in [-0.4, -0.2) is 37.3 Å². The summed E-state index contributed by atoms with van der Waals surface area (Å²) < 4.78 is 27.9. The molecule has 3 aromatic rings. The lowest BCUT2D eigenvalue weighted by Crippen LogP contribution is -2.36. The zero-order valence-electron chi connectivity index (χ0n) is 16.5. The van der Waals surface area contributed by atoms with Crippen molar-refractivity contribution in [1.82, 2.24) is 9.55 Å². The number of nitrogens with one attached hydrogen (secondary N) is 1. The molecule has 1 aliphatic rings. The molecule has 0 aliphatic carbocycles. The number of benzene rings is 1. The van der Waals surface area contributed by atoms with Crippen LogP contribution in [0.4, 0.5) is 11.6 Å². The predicted octanol–water partition coefficient (Wildman–Crippen LogP) is 2.74. The summed E-state index contributed by atoms with van der Waals surface area (Å²) in [5.41, 5.74) is 1.70. The van der Waals surface area contributed by atoms with Crippen LogP contribution in [0.2, 0.25) is 0 Å². The molecule has 156 valence electrons. The Hall–Kier alpha value is -2.90. The number of anilines is 2. The highest BCUT2D eigenvalue weighted by Crippen LogP contribution is 2.30. The summed E-state index contributed by atoms with van der Waals surface area (Å²) in [4.78, 5) is 20.2. The number of rotatable bonds is 5. The van der Waals surface area contributed by atoms with Gasteiger partial charge in [-0.15, -0.1) is 11.3 Å². The van der Waals surface area contributed by atoms with E-state index in [2.05, 4.69) is 15.7 Å². The highest BCUT2D eigenvalue weighted by molar-refractivity contribution is 7.92. The summed E-state index contributed by atoms with van der Waals surface area (Å²) in [6.45, 7) is 1.78. The zero-order valence-corrected chi connectivity index (χ0v) is 18.1. The van der Waals surface area contributed by atoms with Crippen molar-refractivity contribution in [2.75, 3.05) is 29.0 Å². The molecule has 0 saturated carbocycles. The van der Waals surface area contributed by atoms with E-state index in [9.17, 15) is 18.5 Å². The fourth-order valence-electron chi connectivity index (χ4n) is 3.68. The van der Waals surface area contributed by atoms with Gasteiger partial charge in [-0.25, -0.2) is 13.4 Å². The van der Waals surface area contributed by atoms with E-state index < -0.39 is 10.0 Å². The molecule has 1 N–H and O–H groups in total. The second-order valence-corrected chi connectivity index (χ2v) is 9.95. The number of piperidine rings is 1. The molecule has 10 heteroatoms. The van der Waals surface area contributed by atoms with Crippen molar-refractivity contribution >= 4 is 43.2 Å². The van der Waals surface area contributed by atoms with Crippen LogP contribution in [0.25, 0.3) is 10.2 Å². The van der Waals surface area contributed by atoms with Gasteiger partial charge in [0.1, 0.15) is 10.2 Å². The van der Waals surface area contributed by atoms with Crippen molar-refractivity contribution in [3.05, 3.63) is 51.1 Å². The predicted molar refractivity (Wildman–Crippen MR) is 119 cm³/mol. The number of hydrogen-bond donors (Lipinski definition) is 1. The van der Waals surface area contributed by atoms with E-state index in [0.717, 1.165) is 55.5 Å². The first-order chi connectivity index (χ1) is 14.4. The Morgan fingerprint density at radius 2 is 1.97 bits per heavy atom. The quantitative estimate of drug-likeness (QED) is 0.650. The molecule has 4 rings (SSSR count). The number of thiophene rings is 1. The van der Waals surface area contributed by atoms with Gasteiger partial charge >= 0.3 is 0 Å². The van der Waals surface area contributed by atoms with Gasteiger partial charge in [0.2, 0.25) is 16.0 Å². The summed E-state index contributed by atoms with van der Waals surface area (Å²) in [7, 11) is -3.50. The number of nitrogens with zero attached hydrogens (tertiary/aromatic N) is 4. The average Bonchev–Trinajstić information content (AvgIpc) is 3.12. The SMILES string of the molecule is CS(=O)(=O)Nc1csc2c(=O)n(Cc3ccccc3C#N)c(N3CCCCC3)nc12. The summed E-state index contributed by atoms with van der Waals surface area (Å²) in [5, 5.41) is 11.0. The maximum absolute atomic E-state index is 13.4. The Bertz CT molecular complexity index is 1300. The van der Waals surface area contributed by atoms with Gasteiger partial charge in [0.15, 0.2) is 0 Å². The smallest absolute Gasteiger partial charge is 0.273 e. The number of fused-ring (bicyclic) bond motifs is 1. The molecule has 0 spiro atoms. The first-order valence-electron chi connectivity index (χ1n) is 9.60. The molecule has 2 aromatic heterocycles. The Morgan fingerprint density at radius 1 is 1.23 bits per heavy atom. The minimum atomic E-state index is -3.50. The average molecular weight is 444 g/mol. The van der Waals surface area contributed by atoms with Gasteiger partial charge < -0.3 is 4.90 Å². The molecule has 3 heterocycles. The van der Waals surface area contributed by atoms with E-state index in [1.165, 1.54) is 0 Å². The van der Waals surface area contributed by atoms with Gasteiger partial charge in [-0.2, -0.15) is 5.26 Å². The first kappa shape index (κ1) is 20.4. The Morgan fingerprint density at radius 3 is 2.67 bits per heavy atom. The second-order valence-electron chi connectivity index (χ2n) is 7.32. The molecule has 0 unspecified atom stereocenters. The molecular formula is C20H21N5O3S2. The fraction of sp³-hybridized carbons (Fsp3) is 0.350. The zero-order chi connectivity index (χ0) is 21.3. The van der Waals surface area contributed by atoms with Crippen molar-refractivity contribution in [3.8, 4) is 6.07 Å². The maximum atomic E-state index is 13.4. The van der Waals surface area contributed by atoms with E-state index in [1.807, 2.05) is 12.1 Å². The Balaban J connectivity index is 1.90. The lowest BCUT2D eigenvalue weighted by atomic mass is 10.1. The van der Waals surface area contributed by atoms with E-state index in [4.69, 9.17) is 4.98 Å². The van der Waals surface area contributed by atoms with Crippen LogP contribution in [0.5, 0.6) is 0 Å². The number of aromatic nitrogens is 2. The van der Waals surface area contributed by atoms with Gasteiger partial charge in [0.25, 0.3) is 5.56 Å². The third-order valence-electron chi connectivity index (χ3n) is 5.06. The first-order valence-corrected chi connectivity index (χ1v) is 12.4. The lowest BCUT2D eigenvalue weighted by molar-refractivity contribution is 0.553. The topological polar surface area (TPSA) is 108 Å². The number of sulfonamides is 1. The van der Waals surface area contributed by atoms with E-state index in [0.29, 0.717) is 27.4 Å². The normalized spacial score (nSPS) is 14.6. The minimum Gasteiger partial charge on any atom is -0.342 e. The molecule has 1 aromatic carbocycles. The van der Waals surface area contributed by atoms with Crippen LogP contribution in [0, 0.1) is 11.3 Å². The van der Waals surface area contributed by atoms with Crippen LogP contribution in [0.15, 0.2) is 34.4 Å². The van der Waals surface area contributed by atoms with Gasteiger partial charge in [0, 0.05) is 18.5 Å².